The van der Waals surface area contributed by atoms with Gasteiger partial charge in [0.15, 0.2) is 0 Å². The molecule has 0 radical (unpaired) electrons. The molecule has 0 spiro atoms. The zero-order valence-electron chi connectivity index (χ0n) is 8.79. The van der Waals surface area contributed by atoms with Crippen molar-refractivity contribution >= 4 is 17.0 Å². The molecule has 2 N–H and O–H groups in total. The molecule has 1 nitrogen and oxygen atoms in total. The highest BCUT2D eigenvalue weighted by atomic mass is 32.1. The molecule has 1 heterocycles. The van der Waals surface area contributed by atoms with Crippen molar-refractivity contribution in [2.75, 3.05) is 5.73 Å². The van der Waals surface area contributed by atoms with E-state index in [1.807, 2.05) is 17.5 Å². The highest BCUT2D eigenvalue weighted by molar-refractivity contribution is 7.09. The average molecular weight is 257 g/mol. The Morgan fingerprint density at radius 2 is 1.94 bits per heavy atom. The van der Waals surface area contributed by atoms with Crippen LogP contribution >= 0.6 is 11.3 Å². The van der Waals surface area contributed by atoms with Crippen molar-refractivity contribution in [2.24, 2.45) is 0 Å². The lowest BCUT2D eigenvalue weighted by atomic mass is 10.1. The van der Waals surface area contributed by atoms with Gasteiger partial charge >= 0.3 is 6.18 Å². The summed E-state index contributed by atoms with van der Waals surface area (Å²) < 4.78 is 37.3. The first-order chi connectivity index (χ1) is 7.97. The van der Waals surface area contributed by atoms with Gasteiger partial charge in [-0.15, -0.1) is 11.3 Å². The molecule has 17 heavy (non-hydrogen) atoms. The Morgan fingerprint density at radius 3 is 2.47 bits per heavy atom. The monoisotopic (exact) mass is 257 g/mol. The summed E-state index contributed by atoms with van der Waals surface area (Å²) in [6, 6.07) is 7.34. The maximum absolute atomic E-state index is 12.4. The van der Waals surface area contributed by atoms with Crippen molar-refractivity contribution < 1.29 is 13.2 Å². The van der Waals surface area contributed by atoms with Crippen molar-refractivity contribution in [3.8, 4) is 0 Å². The van der Waals surface area contributed by atoms with Crippen LogP contribution in [0.4, 0.5) is 18.9 Å². The molecule has 90 valence electrons. The Balaban J connectivity index is 2.26. The first-order valence-electron chi connectivity index (χ1n) is 4.95. The molecule has 0 amide bonds. The van der Waals surface area contributed by atoms with Gasteiger partial charge in [0.1, 0.15) is 0 Å². The van der Waals surface area contributed by atoms with Crippen LogP contribution in [0.1, 0.15) is 16.0 Å². The number of rotatable bonds is 2. The summed E-state index contributed by atoms with van der Waals surface area (Å²) in [5.74, 6) is 0. The van der Waals surface area contributed by atoms with Crippen LogP contribution in [0.2, 0.25) is 0 Å². The summed E-state index contributed by atoms with van der Waals surface area (Å²) >= 11 is 1.56. The molecule has 0 saturated carbocycles. The van der Waals surface area contributed by atoms with Crippen molar-refractivity contribution in [2.45, 2.75) is 12.6 Å². The predicted octanol–water partition coefficient (Wildman–Crippen LogP) is 3.94. The van der Waals surface area contributed by atoms with Crippen LogP contribution in [-0.2, 0) is 12.6 Å². The minimum absolute atomic E-state index is 0.188. The van der Waals surface area contributed by atoms with Gasteiger partial charge in [-0.05, 0) is 29.1 Å². The maximum atomic E-state index is 12.4. The summed E-state index contributed by atoms with van der Waals surface area (Å²) in [6.45, 7) is 0. The molecule has 0 fully saturated rings. The summed E-state index contributed by atoms with van der Waals surface area (Å²) in [6.07, 6.45) is -3.77. The summed E-state index contributed by atoms with van der Waals surface area (Å²) in [7, 11) is 0. The van der Waals surface area contributed by atoms with Gasteiger partial charge in [-0.25, -0.2) is 0 Å². The lowest BCUT2D eigenvalue weighted by molar-refractivity contribution is -0.137. The number of benzene rings is 1. The van der Waals surface area contributed by atoms with Crippen molar-refractivity contribution in [1.29, 1.82) is 0 Å². The highest BCUT2D eigenvalue weighted by Crippen LogP contribution is 2.32. The average Bonchev–Trinajstić information content (AvgIpc) is 2.72. The van der Waals surface area contributed by atoms with E-state index in [2.05, 4.69) is 0 Å². The number of halogens is 3. The second-order valence-corrected chi connectivity index (χ2v) is 4.70. The Morgan fingerprint density at radius 1 is 1.18 bits per heavy atom. The van der Waals surface area contributed by atoms with E-state index in [0.717, 1.165) is 22.6 Å². The quantitative estimate of drug-likeness (QED) is 0.810. The van der Waals surface area contributed by atoms with Crippen molar-refractivity contribution in [1.82, 2.24) is 0 Å². The number of alkyl halides is 3. The number of hydrogen-bond donors (Lipinski definition) is 1. The van der Waals surface area contributed by atoms with E-state index in [9.17, 15) is 13.2 Å². The van der Waals surface area contributed by atoms with E-state index in [0.29, 0.717) is 6.42 Å². The zero-order valence-corrected chi connectivity index (χ0v) is 9.61. The second kappa shape index (κ2) is 4.41. The van der Waals surface area contributed by atoms with E-state index < -0.39 is 11.7 Å². The first kappa shape index (κ1) is 12.0. The fraction of sp³-hybridized carbons (Fsp3) is 0.167. The number of hydrogen-bond acceptors (Lipinski definition) is 2. The number of thiophene rings is 1. The van der Waals surface area contributed by atoms with Gasteiger partial charge in [0.05, 0.1) is 5.56 Å². The molecule has 5 heteroatoms. The van der Waals surface area contributed by atoms with Gasteiger partial charge < -0.3 is 5.73 Å². The topological polar surface area (TPSA) is 26.0 Å². The van der Waals surface area contributed by atoms with Gasteiger partial charge in [-0.1, -0.05) is 12.1 Å². The van der Waals surface area contributed by atoms with Gasteiger partial charge in [-0.2, -0.15) is 13.2 Å². The minimum Gasteiger partial charge on any atom is -0.398 e. The van der Waals surface area contributed by atoms with Gasteiger partial charge in [-0.3, -0.25) is 0 Å². The molecule has 1 aromatic carbocycles. The highest BCUT2D eigenvalue weighted by Gasteiger charge is 2.30. The normalized spacial score (nSPS) is 11.7. The summed E-state index contributed by atoms with van der Waals surface area (Å²) in [4.78, 5) is 1.08. The first-order valence-corrected chi connectivity index (χ1v) is 5.83. The molecule has 2 aromatic rings. The largest absolute Gasteiger partial charge is 0.416 e. The molecule has 0 aliphatic heterocycles. The van der Waals surface area contributed by atoms with Crippen LogP contribution in [0.15, 0.2) is 35.7 Å². The van der Waals surface area contributed by atoms with E-state index in [4.69, 9.17) is 5.73 Å². The molecule has 0 aliphatic carbocycles. The van der Waals surface area contributed by atoms with E-state index >= 15 is 0 Å². The smallest absolute Gasteiger partial charge is 0.398 e. The van der Waals surface area contributed by atoms with E-state index in [1.54, 1.807) is 11.3 Å². The Labute approximate surface area is 101 Å². The predicted molar refractivity (Wildman–Crippen MR) is 63.0 cm³/mol. The fourth-order valence-corrected chi connectivity index (χ4v) is 2.26. The van der Waals surface area contributed by atoms with Crippen LogP contribution in [0, 0.1) is 0 Å². The number of nitrogen functional groups attached to an aromatic ring is 1. The van der Waals surface area contributed by atoms with E-state index in [1.165, 1.54) is 6.07 Å². The number of anilines is 1. The molecule has 2 rings (SSSR count). The lowest BCUT2D eigenvalue weighted by Crippen LogP contribution is -2.06. The molecule has 1 aromatic heterocycles. The molecule has 0 saturated heterocycles. The Bertz CT molecular complexity index is 503. The SMILES string of the molecule is Nc1cc(C(F)(F)F)ccc1Cc1cccs1. The van der Waals surface area contributed by atoms with E-state index in [-0.39, 0.29) is 5.69 Å². The molecule has 0 atom stereocenters. The molecule has 0 unspecified atom stereocenters. The third-order valence-corrected chi connectivity index (χ3v) is 3.29. The molecule has 0 bridgehead atoms. The third-order valence-electron chi connectivity index (χ3n) is 2.42. The molecular formula is C12H10F3NS. The van der Waals surface area contributed by atoms with Crippen LogP contribution in [-0.4, -0.2) is 0 Å². The molecular weight excluding hydrogens is 247 g/mol. The lowest BCUT2D eigenvalue weighted by Gasteiger charge is -2.10. The fourth-order valence-electron chi connectivity index (χ4n) is 1.53. The van der Waals surface area contributed by atoms with Crippen molar-refractivity contribution in [3.63, 3.8) is 0 Å². The van der Waals surface area contributed by atoms with Crippen LogP contribution in [0.3, 0.4) is 0 Å². The Hall–Kier alpha value is -1.49. The van der Waals surface area contributed by atoms with Gasteiger partial charge in [0.25, 0.3) is 0 Å². The second-order valence-electron chi connectivity index (χ2n) is 3.67. The Kier molecular flexibility index (Phi) is 3.11. The molecule has 0 aliphatic rings. The summed E-state index contributed by atoms with van der Waals surface area (Å²) in [5, 5.41) is 1.93. The minimum atomic E-state index is -4.34. The van der Waals surface area contributed by atoms with Crippen LogP contribution < -0.4 is 5.73 Å². The zero-order chi connectivity index (χ0) is 12.5. The van der Waals surface area contributed by atoms with Crippen LogP contribution in [0.25, 0.3) is 0 Å². The van der Waals surface area contributed by atoms with Gasteiger partial charge in [0.2, 0.25) is 0 Å². The maximum Gasteiger partial charge on any atom is 0.416 e. The summed E-state index contributed by atoms with van der Waals surface area (Å²) in [5.41, 5.74) is 5.85. The van der Waals surface area contributed by atoms with Crippen LogP contribution in [0.5, 0.6) is 0 Å². The van der Waals surface area contributed by atoms with Crippen molar-refractivity contribution in [3.05, 3.63) is 51.7 Å². The number of nitrogens with two attached hydrogens (primary N) is 1. The standard InChI is InChI=1S/C12H10F3NS/c13-12(14,15)9-4-3-8(11(16)7-9)6-10-2-1-5-17-10/h1-5,7H,6,16H2. The third kappa shape index (κ3) is 2.79. The van der Waals surface area contributed by atoms with Gasteiger partial charge in [0, 0.05) is 17.0 Å².